The Hall–Kier alpha value is -1.74. The van der Waals surface area contributed by atoms with Crippen LogP contribution in [0.5, 0.6) is 0 Å². The highest BCUT2D eigenvalue weighted by Crippen LogP contribution is 2.33. The normalized spacial score (nSPS) is 17.3. The molecule has 3 heteroatoms. The second-order valence-corrected chi connectivity index (χ2v) is 6.03. The lowest BCUT2D eigenvalue weighted by atomic mass is 9.83. The van der Waals surface area contributed by atoms with Crippen LogP contribution in [0.2, 0.25) is 0 Å². The van der Waals surface area contributed by atoms with Gasteiger partial charge in [-0.05, 0) is 29.1 Å². The van der Waals surface area contributed by atoms with Crippen molar-refractivity contribution in [2.75, 3.05) is 0 Å². The first-order valence-electron chi connectivity index (χ1n) is 6.41. The van der Waals surface area contributed by atoms with Crippen LogP contribution in [-0.2, 0) is 0 Å². The van der Waals surface area contributed by atoms with Gasteiger partial charge in [-0.25, -0.2) is 4.98 Å². The largest absolute Gasteiger partial charge is 0.223 e. The first-order valence-corrected chi connectivity index (χ1v) is 7.24. The highest BCUT2D eigenvalue weighted by Gasteiger charge is 2.16. The minimum atomic E-state index is 0.155. The van der Waals surface area contributed by atoms with Gasteiger partial charge in [0.1, 0.15) is 5.51 Å². The average molecular weight is 268 g/mol. The van der Waals surface area contributed by atoms with Gasteiger partial charge in [-0.1, -0.05) is 56.3 Å². The molecule has 0 amide bonds. The van der Waals surface area contributed by atoms with E-state index in [-0.39, 0.29) is 5.41 Å². The first kappa shape index (κ1) is 12.3. The molecule has 0 unspecified atom stereocenters. The summed E-state index contributed by atoms with van der Waals surface area (Å²) < 4.78 is 4.26. The maximum atomic E-state index is 4.26. The van der Waals surface area contributed by atoms with E-state index >= 15 is 0 Å². The third-order valence-corrected chi connectivity index (χ3v) is 3.78. The third-order valence-electron chi connectivity index (χ3n) is 3.31. The molecule has 3 rings (SSSR count). The quantitative estimate of drug-likeness (QED) is 0.745. The van der Waals surface area contributed by atoms with Gasteiger partial charge in [0.2, 0.25) is 0 Å². The summed E-state index contributed by atoms with van der Waals surface area (Å²) in [4.78, 5) is 4.23. The highest BCUT2D eigenvalue weighted by atomic mass is 32.1. The molecule has 0 N–H and O–H groups in total. The van der Waals surface area contributed by atoms with Gasteiger partial charge in [0.25, 0.3) is 0 Å². The molecule has 1 heterocycles. The molecule has 0 atom stereocenters. The fraction of sp³-hybridized carbons (Fsp3) is 0.250. The molecule has 0 saturated heterocycles. The lowest BCUT2D eigenvalue weighted by Gasteiger charge is -2.22. The summed E-state index contributed by atoms with van der Waals surface area (Å²) in [6, 6.07) is 8.53. The van der Waals surface area contributed by atoms with Crippen molar-refractivity contribution in [1.29, 1.82) is 0 Å². The molecule has 1 aliphatic rings. The van der Waals surface area contributed by atoms with E-state index in [1.54, 1.807) is 5.51 Å². The number of benzene rings is 1. The molecular formula is C16H16N2S. The summed E-state index contributed by atoms with van der Waals surface area (Å²) in [6.07, 6.45) is 7.89. The molecule has 0 fully saturated rings. The van der Waals surface area contributed by atoms with E-state index in [0.29, 0.717) is 0 Å². The Balaban J connectivity index is 1.90. The zero-order valence-corrected chi connectivity index (χ0v) is 11.9. The van der Waals surface area contributed by atoms with Crippen molar-refractivity contribution in [1.82, 2.24) is 9.36 Å². The van der Waals surface area contributed by atoms with E-state index in [9.17, 15) is 0 Å². The summed E-state index contributed by atoms with van der Waals surface area (Å²) >= 11 is 1.38. The van der Waals surface area contributed by atoms with Gasteiger partial charge in [0.05, 0.1) is 0 Å². The second kappa shape index (κ2) is 4.74. The van der Waals surface area contributed by atoms with Crippen LogP contribution >= 0.6 is 11.5 Å². The van der Waals surface area contributed by atoms with Crippen LogP contribution in [0.3, 0.4) is 0 Å². The van der Waals surface area contributed by atoms with E-state index in [2.05, 4.69) is 65.7 Å². The smallest absolute Gasteiger partial charge is 0.172 e. The van der Waals surface area contributed by atoms with Crippen LogP contribution in [-0.4, -0.2) is 9.36 Å². The monoisotopic (exact) mass is 268 g/mol. The molecule has 0 spiro atoms. The number of nitrogens with zero attached hydrogens (tertiary/aromatic N) is 2. The predicted octanol–water partition coefficient (Wildman–Crippen LogP) is 4.57. The Morgan fingerprint density at radius 2 is 1.84 bits per heavy atom. The lowest BCUT2D eigenvalue weighted by Crippen LogP contribution is -2.07. The second-order valence-electron chi connectivity index (χ2n) is 5.43. The van der Waals surface area contributed by atoms with Gasteiger partial charge >= 0.3 is 0 Å². The minimum Gasteiger partial charge on any atom is -0.223 e. The van der Waals surface area contributed by atoms with Crippen molar-refractivity contribution in [3.05, 3.63) is 53.6 Å². The molecule has 2 aromatic rings. The van der Waals surface area contributed by atoms with Gasteiger partial charge in [-0.3, -0.25) is 0 Å². The van der Waals surface area contributed by atoms with Crippen LogP contribution in [0.25, 0.3) is 17.0 Å². The summed E-state index contributed by atoms with van der Waals surface area (Å²) in [5.41, 5.74) is 5.68. The van der Waals surface area contributed by atoms with Gasteiger partial charge in [-0.2, -0.15) is 4.37 Å². The first-order chi connectivity index (χ1) is 9.14. The Labute approximate surface area is 117 Å². The molecule has 0 aliphatic heterocycles. The molecule has 1 aromatic carbocycles. The summed E-state index contributed by atoms with van der Waals surface area (Å²) in [5, 5.41) is 0. The molecule has 0 radical (unpaired) electrons. The molecule has 0 bridgehead atoms. The van der Waals surface area contributed by atoms with E-state index in [1.807, 2.05) is 0 Å². The van der Waals surface area contributed by atoms with E-state index in [0.717, 1.165) is 17.8 Å². The van der Waals surface area contributed by atoms with Crippen molar-refractivity contribution >= 4 is 17.1 Å². The number of aromatic nitrogens is 2. The SMILES string of the molecule is CC1(C)C=CCC(c2ccc(-c3ncsn3)cc2)=C1. The fourth-order valence-corrected chi connectivity index (χ4v) is 2.82. The topological polar surface area (TPSA) is 25.8 Å². The molecule has 96 valence electrons. The maximum Gasteiger partial charge on any atom is 0.172 e. The van der Waals surface area contributed by atoms with Crippen molar-refractivity contribution in [2.24, 2.45) is 5.41 Å². The van der Waals surface area contributed by atoms with Gasteiger partial charge in [-0.15, -0.1) is 0 Å². The van der Waals surface area contributed by atoms with Gasteiger partial charge < -0.3 is 0 Å². The average Bonchev–Trinajstić information content (AvgIpc) is 2.92. The van der Waals surface area contributed by atoms with Crippen LogP contribution in [0.4, 0.5) is 0 Å². The number of allylic oxidation sites excluding steroid dienone is 4. The van der Waals surface area contributed by atoms with Gasteiger partial charge in [0.15, 0.2) is 5.82 Å². The zero-order valence-electron chi connectivity index (χ0n) is 11.1. The fourth-order valence-electron chi connectivity index (χ4n) is 2.38. The Kier molecular flexibility index (Phi) is 3.07. The standard InChI is InChI=1S/C16H16N2S/c1-16(2)9-3-4-14(10-16)12-5-7-13(8-6-12)15-17-11-19-18-15/h3,5-11H,4H2,1-2H3. The van der Waals surface area contributed by atoms with Gasteiger partial charge in [0, 0.05) is 11.0 Å². The third kappa shape index (κ3) is 2.66. The van der Waals surface area contributed by atoms with Crippen LogP contribution in [0.15, 0.2) is 48.0 Å². The minimum absolute atomic E-state index is 0.155. The summed E-state index contributed by atoms with van der Waals surface area (Å²) in [7, 11) is 0. The molecule has 1 aliphatic carbocycles. The maximum absolute atomic E-state index is 4.26. The molecule has 1 aromatic heterocycles. The zero-order chi connectivity index (χ0) is 13.3. The number of rotatable bonds is 2. The number of hydrogen-bond acceptors (Lipinski definition) is 3. The van der Waals surface area contributed by atoms with Crippen molar-refractivity contribution in [2.45, 2.75) is 20.3 Å². The van der Waals surface area contributed by atoms with E-state index in [4.69, 9.17) is 0 Å². The Morgan fingerprint density at radius 1 is 1.11 bits per heavy atom. The Bertz CT molecular complexity index is 619. The Morgan fingerprint density at radius 3 is 2.47 bits per heavy atom. The van der Waals surface area contributed by atoms with Crippen molar-refractivity contribution in [3.63, 3.8) is 0 Å². The van der Waals surface area contributed by atoms with Crippen LogP contribution < -0.4 is 0 Å². The van der Waals surface area contributed by atoms with E-state index < -0.39 is 0 Å². The van der Waals surface area contributed by atoms with Crippen LogP contribution in [0, 0.1) is 5.41 Å². The predicted molar refractivity (Wildman–Crippen MR) is 80.9 cm³/mol. The van der Waals surface area contributed by atoms with Crippen molar-refractivity contribution in [3.8, 4) is 11.4 Å². The molecule has 19 heavy (non-hydrogen) atoms. The number of hydrogen-bond donors (Lipinski definition) is 0. The van der Waals surface area contributed by atoms with Crippen LogP contribution in [0.1, 0.15) is 25.8 Å². The molecule has 0 saturated carbocycles. The molecular weight excluding hydrogens is 252 g/mol. The summed E-state index contributed by atoms with van der Waals surface area (Å²) in [5.74, 6) is 0.814. The summed E-state index contributed by atoms with van der Waals surface area (Å²) in [6.45, 7) is 4.46. The van der Waals surface area contributed by atoms with E-state index in [1.165, 1.54) is 22.7 Å². The lowest BCUT2D eigenvalue weighted by molar-refractivity contribution is 0.618. The molecule has 2 nitrogen and oxygen atoms in total. The van der Waals surface area contributed by atoms with Crippen molar-refractivity contribution < 1.29 is 0 Å². The highest BCUT2D eigenvalue weighted by molar-refractivity contribution is 7.03.